The van der Waals surface area contributed by atoms with Gasteiger partial charge < -0.3 is 8.98 Å². The van der Waals surface area contributed by atoms with Gasteiger partial charge in [0.25, 0.3) is 0 Å². The fourth-order valence-electron chi connectivity index (χ4n) is 7.47. The van der Waals surface area contributed by atoms with Gasteiger partial charge in [-0.05, 0) is 125 Å². The molecule has 2 heterocycles. The van der Waals surface area contributed by atoms with E-state index in [1.807, 2.05) is 12.1 Å². The third-order valence-electron chi connectivity index (χ3n) is 9.90. The van der Waals surface area contributed by atoms with Crippen molar-refractivity contribution in [3.05, 3.63) is 162 Å². The van der Waals surface area contributed by atoms with Crippen molar-refractivity contribution in [1.29, 1.82) is 0 Å². The smallest absolute Gasteiger partial charge is 0.135 e. The minimum atomic E-state index is 0.909. The molecule has 0 fully saturated rings. The van der Waals surface area contributed by atoms with Gasteiger partial charge in [0.1, 0.15) is 11.2 Å². The molecule has 47 heavy (non-hydrogen) atoms. The first-order valence-electron chi connectivity index (χ1n) is 16.3. The molecule has 0 aliphatic heterocycles. The molecular weight excluding hydrogens is 571 g/mol. The number of fused-ring (bicyclic) bond motifs is 6. The third-order valence-corrected chi connectivity index (χ3v) is 9.90. The van der Waals surface area contributed by atoms with Gasteiger partial charge in [0.15, 0.2) is 0 Å². The molecule has 2 aromatic heterocycles. The van der Waals surface area contributed by atoms with E-state index < -0.39 is 0 Å². The summed E-state index contributed by atoms with van der Waals surface area (Å²) in [5, 5.41) is 4.76. The van der Waals surface area contributed by atoms with Crippen LogP contribution in [0.1, 0.15) is 16.7 Å². The highest BCUT2D eigenvalue weighted by Gasteiger charge is 2.18. The van der Waals surface area contributed by atoms with Crippen LogP contribution in [0.2, 0.25) is 0 Å². The van der Waals surface area contributed by atoms with Gasteiger partial charge in [-0.2, -0.15) is 0 Å². The number of para-hydroxylation sites is 2. The van der Waals surface area contributed by atoms with Crippen LogP contribution in [-0.2, 0) is 0 Å². The lowest BCUT2D eigenvalue weighted by Crippen LogP contribution is -1.95. The van der Waals surface area contributed by atoms with Crippen LogP contribution in [0.25, 0.3) is 82.8 Å². The summed E-state index contributed by atoms with van der Waals surface area (Å²) in [5.41, 5.74) is 16.7. The Hall–Kier alpha value is -5.86. The molecule has 2 heteroatoms. The van der Waals surface area contributed by atoms with E-state index in [4.69, 9.17) is 4.42 Å². The Bertz CT molecular complexity index is 2600. The van der Waals surface area contributed by atoms with Gasteiger partial charge in [-0.25, -0.2) is 0 Å². The Balaban J connectivity index is 1.28. The van der Waals surface area contributed by atoms with Crippen LogP contribution < -0.4 is 0 Å². The van der Waals surface area contributed by atoms with Crippen molar-refractivity contribution >= 4 is 43.7 Å². The van der Waals surface area contributed by atoms with E-state index in [2.05, 4.69) is 159 Å². The maximum Gasteiger partial charge on any atom is 0.135 e. The van der Waals surface area contributed by atoms with Crippen molar-refractivity contribution in [2.45, 2.75) is 20.8 Å². The lowest BCUT2D eigenvalue weighted by Gasteiger charge is -2.18. The molecule has 0 radical (unpaired) electrons. The molecule has 7 aromatic carbocycles. The molecule has 224 valence electrons. The second-order valence-corrected chi connectivity index (χ2v) is 12.7. The molecule has 2 nitrogen and oxygen atoms in total. The van der Waals surface area contributed by atoms with E-state index >= 15 is 0 Å². The fourth-order valence-corrected chi connectivity index (χ4v) is 7.47. The summed E-state index contributed by atoms with van der Waals surface area (Å²) in [6.07, 6.45) is 0. The molecule has 0 unspecified atom stereocenters. The molecule has 0 bridgehead atoms. The molecule has 9 rings (SSSR count). The average molecular weight is 604 g/mol. The van der Waals surface area contributed by atoms with Crippen LogP contribution in [0.5, 0.6) is 0 Å². The maximum absolute atomic E-state index is 6.16. The molecule has 0 atom stereocenters. The third kappa shape index (κ3) is 4.33. The highest BCUT2D eigenvalue weighted by atomic mass is 16.3. The summed E-state index contributed by atoms with van der Waals surface area (Å²) in [4.78, 5) is 0. The van der Waals surface area contributed by atoms with Crippen LogP contribution in [0, 0.1) is 20.8 Å². The van der Waals surface area contributed by atoms with Crippen LogP contribution in [-0.4, -0.2) is 4.57 Å². The minimum Gasteiger partial charge on any atom is -0.456 e. The van der Waals surface area contributed by atoms with Gasteiger partial charge in [-0.3, -0.25) is 0 Å². The van der Waals surface area contributed by atoms with Gasteiger partial charge in [0, 0.05) is 27.2 Å². The monoisotopic (exact) mass is 603 g/mol. The molecule has 0 saturated carbocycles. The van der Waals surface area contributed by atoms with Crippen molar-refractivity contribution in [2.24, 2.45) is 0 Å². The van der Waals surface area contributed by atoms with Crippen LogP contribution in [0.3, 0.4) is 0 Å². The molecule has 9 aromatic rings. The van der Waals surface area contributed by atoms with Crippen LogP contribution in [0.15, 0.2) is 150 Å². The molecule has 0 saturated heterocycles. The quantitative estimate of drug-likeness (QED) is 0.196. The van der Waals surface area contributed by atoms with E-state index in [1.54, 1.807) is 0 Å². The number of aryl methyl sites for hydroxylation is 2. The van der Waals surface area contributed by atoms with Crippen LogP contribution in [0.4, 0.5) is 0 Å². The number of hydrogen-bond acceptors (Lipinski definition) is 1. The molecule has 0 spiro atoms. The van der Waals surface area contributed by atoms with Gasteiger partial charge in [0.2, 0.25) is 0 Å². The Morgan fingerprint density at radius 2 is 1.00 bits per heavy atom. The summed E-state index contributed by atoms with van der Waals surface area (Å²) < 4.78 is 8.55. The Kier molecular flexibility index (Phi) is 6.20. The van der Waals surface area contributed by atoms with Gasteiger partial charge in [0.05, 0.1) is 11.0 Å². The zero-order chi connectivity index (χ0) is 31.6. The van der Waals surface area contributed by atoms with Crippen molar-refractivity contribution < 1.29 is 4.42 Å². The van der Waals surface area contributed by atoms with Gasteiger partial charge in [-0.15, -0.1) is 0 Å². The van der Waals surface area contributed by atoms with E-state index in [9.17, 15) is 0 Å². The maximum atomic E-state index is 6.16. The first-order chi connectivity index (χ1) is 23.0. The lowest BCUT2D eigenvalue weighted by molar-refractivity contribution is 0.669. The molecule has 0 aliphatic rings. The lowest BCUT2D eigenvalue weighted by atomic mass is 9.86. The SMILES string of the molecule is Cc1ccccc1-c1cc(-c2ccc3c(c2)c2ccccc2n3-c2ccc3oc4ccccc4c3c2)cc(-c2ccccc2C)c1C. The van der Waals surface area contributed by atoms with E-state index in [1.165, 1.54) is 71.9 Å². The zero-order valence-electron chi connectivity index (χ0n) is 26.7. The van der Waals surface area contributed by atoms with Gasteiger partial charge in [-0.1, -0.05) is 91.0 Å². The fraction of sp³-hybridized carbons (Fsp3) is 0.0667. The second-order valence-electron chi connectivity index (χ2n) is 12.7. The number of aromatic nitrogens is 1. The largest absolute Gasteiger partial charge is 0.456 e. The summed E-state index contributed by atoms with van der Waals surface area (Å²) in [7, 11) is 0. The van der Waals surface area contributed by atoms with Crippen molar-refractivity contribution in [1.82, 2.24) is 4.57 Å². The van der Waals surface area contributed by atoms with Crippen LogP contribution >= 0.6 is 0 Å². The van der Waals surface area contributed by atoms with Gasteiger partial charge >= 0.3 is 0 Å². The van der Waals surface area contributed by atoms with E-state index in [0.29, 0.717) is 0 Å². The Morgan fingerprint density at radius 1 is 0.404 bits per heavy atom. The number of nitrogens with zero attached hydrogens (tertiary/aromatic N) is 1. The normalized spacial score (nSPS) is 11.7. The average Bonchev–Trinajstić information content (AvgIpc) is 3.64. The second kappa shape index (κ2) is 10.6. The number of hydrogen-bond donors (Lipinski definition) is 0. The topological polar surface area (TPSA) is 18.1 Å². The highest BCUT2D eigenvalue weighted by Crippen LogP contribution is 2.41. The predicted molar refractivity (Wildman–Crippen MR) is 199 cm³/mol. The summed E-state index contributed by atoms with van der Waals surface area (Å²) in [6.45, 7) is 6.68. The molecule has 0 N–H and O–H groups in total. The Labute approximate surface area is 274 Å². The molecule has 0 amide bonds. The highest BCUT2D eigenvalue weighted by molar-refractivity contribution is 6.11. The Morgan fingerprint density at radius 3 is 1.72 bits per heavy atom. The van der Waals surface area contributed by atoms with E-state index in [0.717, 1.165) is 27.6 Å². The standard InChI is InChI=1S/C45H33NO/c1-28-12-4-6-14-34(28)38-25-32(26-39(30(38)3)35-15-7-5-13-29(35)2)31-20-22-43-40(24-31)36-16-8-10-18-42(36)46(43)33-21-23-45-41(27-33)37-17-9-11-19-44(37)47-45/h4-27H,1-3H3. The number of furan rings is 1. The summed E-state index contributed by atoms with van der Waals surface area (Å²) in [6, 6.07) is 52.8. The zero-order valence-corrected chi connectivity index (χ0v) is 26.7. The number of benzene rings is 7. The summed E-state index contributed by atoms with van der Waals surface area (Å²) in [5.74, 6) is 0. The predicted octanol–water partition coefficient (Wildman–Crippen LogP) is 12.6. The summed E-state index contributed by atoms with van der Waals surface area (Å²) >= 11 is 0. The molecule has 0 aliphatic carbocycles. The van der Waals surface area contributed by atoms with Crippen molar-refractivity contribution in [2.75, 3.05) is 0 Å². The first kappa shape index (κ1) is 27.5. The number of rotatable bonds is 4. The first-order valence-corrected chi connectivity index (χ1v) is 16.3. The van der Waals surface area contributed by atoms with E-state index in [-0.39, 0.29) is 0 Å². The minimum absolute atomic E-state index is 0.909. The van der Waals surface area contributed by atoms with Crippen molar-refractivity contribution in [3.63, 3.8) is 0 Å². The molecular formula is C45H33NO. The van der Waals surface area contributed by atoms with Crippen molar-refractivity contribution in [3.8, 4) is 39.1 Å².